The molecule has 0 unspecified atom stereocenters. The van der Waals surface area contributed by atoms with Crippen molar-refractivity contribution in [1.29, 1.82) is 0 Å². The number of benzene rings is 1. The maximum Gasteiger partial charge on any atom is 0.276 e. The molecule has 7 heteroatoms. The van der Waals surface area contributed by atoms with E-state index >= 15 is 0 Å². The number of ether oxygens (including phenoxy) is 1. The lowest BCUT2D eigenvalue weighted by atomic mass is 10.2. The van der Waals surface area contributed by atoms with Crippen molar-refractivity contribution in [2.45, 2.75) is 6.54 Å². The SMILES string of the molecule is CNc1cc([N+](=O)[O-])cc(NCc2cccc(OC)c2)n1. The van der Waals surface area contributed by atoms with E-state index in [-0.39, 0.29) is 5.69 Å². The van der Waals surface area contributed by atoms with E-state index < -0.39 is 4.92 Å². The van der Waals surface area contributed by atoms with Gasteiger partial charge in [0.05, 0.1) is 24.2 Å². The van der Waals surface area contributed by atoms with Crippen LogP contribution >= 0.6 is 0 Å². The maximum absolute atomic E-state index is 10.9. The second-order valence-electron chi connectivity index (χ2n) is 4.31. The molecular formula is C14H16N4O3. The first-order valence-electron chi connectivity index (χ1n) is 6.33. The topological polar surface area (TPSA) is 89.3 Å². The number of anilines is 2. The van der Waals surface area contributed by atoms with Crippen molar-refractivity contribution in [3.8, 4) is 5.75 Å². The lowest BCUT2D eigenvalue weighted by Crippen LogP contribution is -2.04. The van der Waals surface area contributed by atoms with E-state index in [1.165, 1.54) is 12.1 Å². The highest BCUT2D eigenvalue weighted by Gasteiger charge is 2.10. The van der Waals surface area contributed by atoms with E-state index in [2.05, 4.69) is 15.6 Å². The predicted molar refractivity (Wildman–Crippen MR) is 80.8 cm³/mol. The third-order valence-electron chi connectivity index (χ3n) is 2.88. The molecule has 0 fully saturated rings. The summed E-state index contributed by atoms with van der Waals surface area (Å²) in [5.41, 5.74) is 0.983. The minimum absolute atomic E-state index is 0.0116. The van der Waals surface area contributed by atoms with E-state index in [1.807, 2.05) is 24.3 Å². The Morgan fingerprint density at radius 2 is 2.05 bits per heavy atom. The Balaban J connectivity index is 2.15. The van der Waals surface area contributed by atoms with Gasteiger partial charge in [-0.2, -0.15) is 0 Å². The third-order valence-corrected chi connectivity index (χ3v) is 2.88. The van der Waals surface area contributed by atoms with Crippen molar-refractivity contribution in [2.75, 3.05) is 24.8 Å². The van der Waals surface area contributed by atoms with Gasteiger partial charge in [-0.1, -0.05) is 12.1 Å². The molecule has 0 spiro atoms. The van der Waals surface area contributed by atoms with Crippen LogP contribution in [0.15, 0.2) is 36.4 Å². The number of pyridine rings is 1. The summed E-state index contributed by atoms with van der Waals surface area (Å²) in [6.45, 7) is 0.495. The first-order chi connectivity index (χ1) is 10.1. The summed E-state index contributed by atoms with van der Waals surface area (Å²) in [5, 5.41) is 16.8. The Kier molecular flexibility index (Phi) is 4.55. The molecule has 0 radical (unpaired) electrons. The molecule has 0 aliphatic heterocycles. The first-order valence-corrected chi connectivity index (χ1v) is 6.33. The predicted octanol–water partition coefficient (Wildman–Crippen LogP) is 2.65. The van der Waals surface area contributed by atoms with Crippen LogP contribution in [-0.2, 0) is 6.54 Å². The third kappa shape index (κ3) is 3.82. The molecule has 0 atom stereocenters. The maximum atomic E-state index is 10.9. The minimum atomic E-state index is -0.445. The van der Waals surface area contributed by atoms with Crippen LogP contribution in [-0.4, -0.2) is 24.1 Å². The summed E-state index contributed by atoms with van der Waals surface area (Å²) >= 11 is 0. The molecular weight excluding hydrogens is 272 g/mol. The molecule has 1 heterocycles. The monoisotopic (exact) mass is 288 g/mol. The van der Waals surface area contributed by atoms with Gasteiger partial charge in [0.2, 0.25) is 0 Å². The van der Waals surface area contributed by atoms with Gasteiger partial charge in [0, 0.05) is 13.6 Å². The molecule has 2 aromatic rings. The highest BCUT2D eigenvalue weighted by atomic mass is 16.6. The van der Waals surface area contributed by atoms with Gasteiger partial charge < -0.3 is 15.4 Å². The number of nitro groups is 1. The van der Waals surface area contributed by atoms with Crippen molar-refractivity contribution in [1.82, 2.24) is 4.98 Å². The first kappa shape index (κ1) is 14.6. The van der Waals surface area contributed by atoms with Crippen LogP contribution in [0.1, 0.15) is 5.56 Å². The number of nitrogens with one attached hydrogen (secondary N) is 2. The van der Waals surface area contributed by atoms with Crippen LogP contribution in [0.4, 0.5) is 17.3 Å². The quantitative estimate of drug-likeness (QED) is 0.627. The zero-order chi connectivity index (χ0) is 15.2. The van der Waals surface area contributed by atoms with E-state index in [4.69, 9.17) is 4.74 Å². The summed E-state index contributed by atoms with van der Waals surface area (Å²) in [4.78, 5) is 14.7. The second kappa shape index (κ2) is 6.56. The number of methoxy groups -OCH3 is 1. The van der Waals surface area contributed by atoms with Gasteiger partial charge in [0.25, 0.3) is 5.69 Å². The highest BCUT2D eigenvalue weighted by molar-refractivity contribution is 5.54. The molecule has 1 aromatic carbocycles. The van der Waals surface area contributed by atoms with E-state index in [0.29, 0.717) is 18.2 Å². The molecule has 0 amide bonds. The van der Waals surface area contributed by atoms with Crippen molar-refractivity contribution < 1.29 is 9.66 Å². The summed E-state index contributed by atoms with van der Waals surface area (Å²) in [6, 6.07) is 10.4. The lowest BCUT2D eigenvalue weighted by Gasteiger charge is -2.08. The average molecular weight is 288 g/mol. The van der Waals surface area contributed by atoms with Crippen molar-refractivity contribution in [2.24, 2.45) is 0 Å². The minimum Gasteiger partial charge on any atom is -0.497 e. The number of aromatic nitrogens is 1. The normalized spacial score (nSPS) is 10.0. The Hall–Kier alpha value is -2.83. The highest BCUT2D eigenvalue weighted by Crippen LogP contribution is 2.21. The standard InChI is InChI=1S/C14H16N4O3/c1-15-13-7-11(18(19)20)8-14(17-13)16-9-10-4-3-5-12(6-10)21-2/h3-8H,9H2,1-2H3,(H2,15,16,17). The summed E-state index contributed by atoms with van der Waals surface area (Å²) < 4.78 is 5.15. The largest absolute Gasteiger partial charge is 0.497 e. The number of rotatable bonds is 6. The molecule has 2 rings (SSSR count). The number of nitrogens with zero attached hydrogens (tertiary/aromatic N) is 2. The van der Waals surface area contributed by atoms with Gasteiger partial charge in [-0.25, -0.2) is 4.98 Å². The Morgan fingerprint density at radius 1 is 1.29 bits per heavy atom. The van der Waals surface area contributed by atoms with Crippen molar-refractivity contribution >= 4 is 17.3 Å². The molecule has 0 aliphatic rings. The van der Waals surface area contributed by atoms with Crippen molar-refractivity contribution in [3.63, 3.8) is 0 Å². The van der Waals surface area contributed by atoms with E-state index in [1.54, 1.807) is 14.2 Å². The smallest absolute Gasteiger partial charge is 0.276 e. The molecule has 0 bridgehead atoms. The van der Waals surface area contributed by atoms with Gasteiger partial charge in [-0.15, -0.1) is 0 Å². The number of hydrogen-bond acceptors (Lipinski definition) is 6. The van der Waals surface area contributed by atoms with Gasteiger partial charge in [-0.3, -0.25) is 10.1 Å². The fraction of sp³-hybridized carbons (Fsp3) is 0.214. The molecule has 1 aromatic heterocycles. The molecule has 21 heavy (non-hydrogen) atoms. The molecule has 0 saturated heterocycles. The van der Waals surface area contributed by atoms with Crippen LogP contribution in [0.2, 0.25) is 0 Å². The molecule has 0 saturated carbocycles. The van der Waals surface area contributed by atoms with Crippen LogP contribution in [0.3, 0.4) is 0 Å². The number of hydrogen-bond donors (Lipinski definition) is 2. The second-order valence-corrected chi connectivity index (χ2v) is 4.31. The van der Waals surface area contributed by atoms with Gasteiger partial charge in [0.15, 0.2) is 0 Å². The summed E-state index contributed by atoms with van der Waals surface area (Å²) in [7, 11) is 3.27. The molecule has 110 valence electrons. The van der Waals surface area contributed by atoms with Gasteiger partial charge >= 0.3 is 0 Å². The Morgan fingerprint density at radius 3 is 2.71 bits per heavy atom. The van der Waals surface area contributed by atoms with Crippen LogP contribution < -0.4 is 15.4 Å². The zero-order valence-corrected chi connectivity index (χ0v) is 11.8. The summed E-state index contributed by atoms with van der Waals surface area (Å²) in [6.07, 6.45) is 0. The fourth-order valence-corrected chi connectivity index (χ4v) is 1.82. The lowest BCUT2D eigenvalue weighted by molar-refractivity contribution is -0.384. The van der Waals surface area contributed by atoms with E-state index in [9.17, 15) is 10.1 Å². The fourth-order valence-electron chi connectivity index (χ4n) is 1.82. The van der Waals surface area contributed by atoms with Gasteiger partial charge in [-0.05, 0) is 17.7 Å². The molecule has 2 N–H and O–H groups in total. The summed E-state index contributed by atoms with van der Waals surface area (Å²) in [5.74, 6) is 1.64. The van der Waals surface area contributed by atoms with Crippen LogP contribution in [0, 0.1) is 10.1 Å². The average Bonchev–Trinajstić information content (AvgIpc) is 2.52. The zero-order valence-electron chi connectivity index (χ0n) is 11.8. The van der Waals surface area contributed by atoms with E-state index in [0.717, 1.165) is 11.3 Å². The van der Waals surface area contributed by atoms with Gasteiger partial charge in [0.1, 0.15) is 17.4 Å². The Labute approximate surface area is 122 Å². The molecule has 7 nitrogen and oxygen atoms in total. The van der Waals surface area contributed by atoms with Crippen LogP contribution in [0.25, 0.3) is 0 Å². The molecule has 0 aliphatic carbocycles. The Bertz CT molecular complexity index is 646. The van der Waals surface area contributed by atoms with Crippen LogP contribution in [0.5, 0.6) is 5.75 Å². The van der Waals surface area contributed by atoms with Crippen molar-refractivity contribution in [3.05, 3.63) is 52.1 Å².